The molecule has 1 aliphatic rings. The molecule has 3 rings (SSSR count). The minimum Gasteiger partial charge on any atom is -0.490 e. The van der Waals surface area contributed by atoms with Crippen molar-refractivity contribution in [1.82, 2.24) is 5.32 Å². The van der Waals surface area contributed by atoms with E-state index in [-0.39, 0.29) is 30.8 Å². The first-order chi connectivity index (χ1) is 15.9. The fourth-order valence-electron chi connectivity index (χ4n) is 3.69. The van der Waals surface area contributed by atoms with E-state index in [9.17, 15) is 9.59 Å². The van der Waals surface area contributed by atoms with E-state index in [1.165, 1.54) is 0 Å². The van der Waals surface area contributed by atoms with Gasteiger partial charge in [0.1, 0.15) is 11.9 Å². The molecule has 0 fully saturated rings. The zero-order chi connectivity index (χ0) is 23.8. The van der Waals surface area contributed by atoms with Crippen molar-refractivity contribution in [2.75, 3.05) is 31.2 Å². The Morgan fingerprint density at radius 2 is 1.85 bits per heavy atom. The first-order valence-corrected chi connectivity index (χ1v) is 11.7. The molecular formula is C25H31ClN2O5. The highest BCUT2D eigenvalue weighted by atomic mass is 35.5. The van der Waals surface area contributed by atoms with Crippen LogP contribution >= 0.6 is 11.6 Å². The fraction of sp³-hybridized carbons (Fsp3) is 0.440. The lowest BCUT2D eigenvalue weighted by atomic mass is 10.1. The predicted octanol–water partition coefficient (Wildman–Crippen LogP) is 4.39. The summed E-state index contributed by atoms with van der Waals surface area (Å²) >= 11 is 6.10. The van der Waals surface area contributed by atoms with E-state index < -0.39 is 0 Å². The molecule has 2 aromatic rings. The maximum atomic E-state index is 12.8. The van der Waals surface area contributed by atoms with E-state index in [1.54, 1.807) is 23.1 Å². The fourth-order valence-corrected chi connectivity index (χ4v) is 3.85. The molecule has 1 atom stereocenters. The maximum absolute atomic E-state index is 12.8. The Labute approximate surface area is 200 Å². The van der Waals surface area contributed by atoms with Crippen LogP contribution < -0.4 is 24.4 Å². The van der Waals surface area contributed by atoms with E-state index in [4.69, 9.17) is 25.8 Å². The van der Waals surface area contributed by atoms with Crippen molar-refractivity contribution in [1.29, 1.82) is 0 Å². The first-order valence-electron chi connectivity index (χ1n) is 11.3. The molecule has 0 unspecified atom stereocenters. The monoisotopic (exact) mass is 474 g/mol. The molecule has 2 aromatic carbocycles. The van der Waals surface area contributed by atoms with E-state index in [1.807, 2.05) is 39.0 Å². The lowest BCUT2D eigenvalue weighted by Gasteiger charge is -2.33. The van der Waals surface area contributed by atoms with Gasteiger partial charge >= 0.3 is 0 Å². The number of anilines is 1. The minimum atomic E-state index is -0.160. The number of amides is 2. The average Bonchev–Trinajstić information content (AvgIpc) is 2.79. The number of nitrogens with one attached hydrogen (secondary N) is 1. The smallest absolute Gasteiger partial charge is 0.227 e. The summed E-state index contributed by atoms with van der Waals surface area (Å²) in [5, 5.41) is 3.42. The molecule has 1 heterocycles. The standard InChI is InChI=1S/C25H31ClN2O5/c1-4-31-22-8-6-18(14-23(22)32-5-2)12-13-27-24(29)10-11-25(30)28-16-17(3)33-21-9-7-19(26)15-20(21)28/h6-9,14-15,17H,4-5,10-13,16H2,1-3H3,(H,27,29)/t17-/m1/s1. The van der Waals surface area contributed by atoms with E-state index >= 15 is 0 Å². The molecule has 178 valence electrons. The SMILES string of the molecule is CCOc1ccc(CCNC(=O)CCC(=O)N2C[C@@H](C)Oc3ccc(Cl)cc32)cc1OCC. The number of carbonyl (C=O) groups excluding carboxylic acids is 2. The average molecular weight is 475 g/mol. The Kier molecular flexibility index (Phi) is 8.83. The second-order valence-electron chi connectivity index (χ2n) is 7.79. The van der Waals surface area contributed by atoms with Crippen molar-refractivity contribution in [3.8, 4) is 17.2 Å². The van der Waals surface area contributed by atoms with Crippen molar-refractivity contribution >= 4 is 29.1 Å². The number of halogens is 1. The topological polar surface area (TPSA) is 77.1 Å². The summed E-state index contributed by atoms with van der Waals surface area (Å²) in [4.78, 5) is 26.8. The number of ether oxygens (including phenoxy) is 3. The Balaban J connectivity index is 1.49. The minimum absolute atomic E-state index is 0.113. The van der Waals surface area contributed by atoms with Gasteiger partial charge in [-0.2, -0.15) is 0 Å². The third kappa shape index (κ3) is 6.78. The molecule has 0 spiro atoms. The summed E-state index contributed by atoms with van der Waals surface area (Å²) in [5.74, 6) is 1.75. The molecule has 0 saturated carbocycles. The molecule has 0 bridgehead atoms. The Morgan fingerprint density at radius 1 is 1.09 bits per heavy atom. The number of hydrogen-bond acceptors (Lipinski definition) is 5. The largest absolute Gasteiger partial charge is 0.490 e. The van der Waals surface area contributed by atoms with Crippen LogP contribution in [-0.2, 0) is 16.0 Å². The van der Waals surface area contributed by atoms with Gasteiger partial charge < -0.3 is 24.4 Å². The van der Waals surface area contributed by atoms with Gasteiger partial charge in [-0.05, 0) is 63.1 Å². The van der Waals surface area contributed by atoms with Gasteiger partial charge in [-0.1, -0.05) is 17.7 Å². The summed E-state index contributed by atoms with van der Waals surface area (Å²) in [7, 11) is 0. The van der Waals surface area contributed by atoms with Crippen LogP contribution in [0.25, 0.3) is 0 Å². The van der Waals surface area contributed by atoms with Crippen LogP contribution in [0.2, 0.25) is 5.02 Å². The first kappa shape index (κ1) is 24.7. The highest BCUT2D eigenvalue weighted by Crippen LogP contribution is 2.36. The molecule has 0 radical (unpaired) electrons. The molecular weight excluding hydrogens is 444 g/mol. The highest BCUT2D eigenvalue weighted by Gasteiger charge is 2.28. The van der Waals surface area contributed by atoms with Crippen LogP contribution in [0.15, 0.2) is 36.4 Å². The predicted molar refractivity (Wildman–Crippen MR) is 129 cm³/mol. The zero-order valence-corrected chi connectivity index (χ0v) is 20.1. The lowest BCUT2D eigenvalue weighted by Crippen LogP contribution is -2.42. The number of carbonyl (C=O) groups is 2. The van der Waals surface area contributed by atoms with E-state index in [0.29, 0.717) is 60.7 Å². The Hall–Kier alpha value is -2.93. The van der Waals surface area contributed by atoms with Gasteiger partial charge in [0.05, 0.1) is 25.4 Å². The number of benzene rings is 2. The number of fused-ring (bicyclic) bond motifs is 1. The van der Waals surface area contributed by atoms with Crippen LogP contribution in [-0.4, -0.2) is 44.2 Å². The van der Waals surface area contributed by atoms with Gasteiger partial charge in [0.2, 0.25) is 11.8 Å². The van der Waals surface area contributed by atoms with Gasteiger partial charge in [-0.3, -0.25) is 9.59 Å². The molecule has 0 aliphatic carbocycles. The summed E-state index contributed by atoms with van der Waals surface area (Å²) in [6.07, 6.45) is 0.752. The van der Waals surface area contributed by atoms with Crippen molar-refractivity contribution < 1.29 is 23.8 Å². The van der Waals surface area contributed by atoms with Gasteiger partial charge in [0.15, 0.2) is 11.5 Å². The van der Waals surface area contributed by atoms with Crippen molar-refractivity contribution in [3.63, 3.8) is 0 Å². The van der Waals surface area contributed by atoms with Gasteiger partial charge in [0, 0.05) is 24.4 Å². The summed E-state index contributed by atoms with van der Waals surface area (Å²) in [6.45, 7) is 7.77. The number of nitrogens with zero attached hydrogens (tertiary/aromatic N) is 1. The van der Waals surface area contributed by atoms with Crippen LogP contribution in [0, 0.1) is 0 Å². The molecule has 1 N–H and O–H groups in total. The Bertz CT molecular complexity index is 981. The second-order valence-corrected chi connectivity index (χ2v) is 8.23. The van der Waals surface area contributed by atoms with Gasteiger partial charge in [-0.25, -0.2) is 0 Å². The molecule has 33 heavy (non-hydrogen) atoms. The van der Waals surface area contributed by atoms with Crippen LogP contribution in [0.4, 0.5) is 5.69 Å². The van der Waals surface area contributed by atoms with Crippen LogP contribution in [0.1, 0.15) is 39.2 Å². The summed E-state index contributed by atoms with van der Waals surface area (Å²) in [5.41, 5.74) is 1.68. The molecule has 0 saturated heterocycles. The molecule has 7 nitrogen and oxygen atoms in total. The van der Waals surface area contributed by atoms with Crippen molar-refractivity contribution in [2.24, 2.45) is 0 Å². The Morgan fingerprint density at radius 3 is 2.61 bits per heavy atom. The normalized spacial score (nSPS) is 14.8. The van der Waals surface area contributed by atoms with Crippen molar-refractivity contribution in [3.05, 3.63) is 47.0 Å². The highest BCUT2D eigenvalue weighted by molar-refractivity contribution is 6.31. The van der Waals surface area contributed by atoms with E-state index in [2.05, 4.69) is 5.32 Å². The quantitative estimate of drug-likeness (QED) is 0.552. The van der Waals surface area contributed by atoms with Gasteiger partial charge in [0.25, 0.3) is 0 Å². The number of hydrogen-bond donors (Lipinski definition) is 1. The summed E-state index contributed by atoms with van der Waals surface area (Å²) in [6, 6.07) is 11.0. The summed E-state index contributed by atoms with van der Waals surface area (Å²) < 4.78 is 17.0. The lowest BCUT2D eigenvalue weighted by molar-refractivity contribution is -0.125. The molecule has 0 aromatic heterocycles. The second kappa shape index (κ2) is 11.8. The molecule has 2 amide bonds. The van der Waals surface area contributed by atoms with Crippen molar-refractivity contribution in [2.45, 2.75) is 46.1 Å². The maximum Gasteiger partial charge on any atom is 0.227 e. The zero-order valence-electron chi connectivity index (χ0n) is 19.4. The van der Waals surface area contributed by atoms with Gasteiger partial charge in [-0.15, -0.1) is 0 Å². The van der Waals surface area contributed by atoms with E-state index in [0.717, 1.165) is 5.56 Å². The van der Waals surface area contributed by atoms with Crippen LogP contribution in [0.5, 0.6) is 17.2 Å². The number of rotatable bonds is 10. The molecule has 8 heteroatoms. The molecule has 1 aliphatic heterocycles. The third-order valence-electron chi connectivity index (χ3n) is 5.19. The van der Waals surface area contributed by atoms with Crippen LogP contribution in [0.3, 0.4) is 0 Å². The third-order valence-corrected chi connectivity index (χ3v) is 5.43.